The molecule has 2 N–H and O–H groups in total. The van der Waals surface area contributed by atoms with Gasteiger partial charge in [0.1, 0.15) is 0 Å². The van der Waals surface area contributed by atoms with E-state index in [9.17, 15) is 19.7 Å². The molecule has 3 rings (SSSR count). The molecular weight excluding hydrogens is 412 g/mol. The van der Waals surface area contributed by atoms with Gasteiger partial charge < -0.3 is 20.3 Å². The number of nitrogens with zero attached hydrogens (tertiary/aromatic N) is 2. The molecule has 1 aliphatic rings. The quantitative estimate of drug-likeness (QED) is 0.331. The number of non-ortho nitro benzene ring substituents is 1. The lowest BCUT2D eigenvalue weighted by Gasteiger charge is -2.22. The highest BCUT2D eigenvalue weighted by atomic mass is 16.6. The fraction of sp³-hybridized carbons (Fsp3) is 0.391. The first-order valence-corrected chi connectivity index (χ1v) is 10.8. The fourth-order valence-electron chi connectivity index (χ4n) is 3.61. The Balaban J connectivity index is 1.77. The smallest absolute Gasteiger partial charge is 0.270 e. The zero-order valence-electron chi connectivity index (χ0n) is 18.1. The van der Waals surface area contributed by atoms with Crippen LogP contribution in [0.2, 0.25) is 0 Å². The molecule has 0 unspecified atom stereocenters. The number of nitrogens with one attached hydrogen (secondary N) is 2. The van der Waals surface area contributed by atoms with Crippen LogP contribution in [0, 0.1) is 10.1 Å². The molecule has 1 aliphatic heterocycles. The minimum Gasteiger partial charge on any atom is -0.382 e. The maximum atomic E-state index is 12.9. The Labute approximate surface area is 186 Å². The number of carbonyl (C=O) groups excluding carboxylic acids is 2. The predicted molar refractivity (Wildman–Crippen MR) is 122 cm³/mol. The standard InChI is InChI=1S/C23H28N4O5/c1-2-32-14-6-11-24-23(29)20-16-18(9-10-21(20)26-12-3-4-13-26)25-22(28)17-7-5-8-19(15-17)27(30)31/h5,7-10,15-16H,2-4,6,11-14H2,1H3,(H,24,29)(H,25,28). The van der Waals surface area contributed by atoms with Crippen molar-refractivity contribution in [1.82, 2.24) is 5.32 Å². The van der Waals surface area contributed by atoms with Gasteiger partial charge in [-0.25, -0.2) is 0 Å². The first-order chi connectivity index (χ1) is 15.5. The van der Waals surface area contributed by atoms with Crippen molar-refractivity contribution in [1.29, 1.82) is 0 Å². The molecule has 0 spiro atoms. The number of nitro benzene ring substituents is 1. The monoisotopic (exact) mass is 440 g/mol. The lowest BCUT2D eigenvalue weighted by atomic mass is 10.1. The molecule has 2 aromatic rings. The summed E-state index contributed by atoms with van der Waals surface area (Å²) in [5.41, 5.74) is 1.78. The highest BCUT2D eigenvalue weighted by Gasteiger charge is 2.21. The fourth-order valence-corrected chi connectivity index (χ4v) is 3.61. The van der Waals surface area contributed by atoms with Gasteiger partial charge in [-0.3, -0.25) is 19.7 Å². The summed E-state index contributed by atoms with van der Waals surface area (Å²) < 4.78 is 5.30. The Morgan fingerprint density at radius 1 is 1.12 bits per heavy atom. The molecule has 0 atom stereocenters. The van der Waals surface area contributed by atoms with Crippen molar-refractivity contribution >= 4 is 28.9 Å². The van der Waals surface area contributed by atoms with Crippen molar-refractivity contribution in [3.8, 4) is 0 Å². The minimum atomic E-state index is -0.546. The molecule has 170 valence electrons. The second-order valence-corrected chi connectivity index (χ2v) is 7.49. The second kappa shape index (κ2) is 11.2. The van der Waals surface area contributed by atoms with E-state index in [1.807, 2.05) is 13.0 Å². The molecule has 0 radical (unpaired) electrons. The molecule has 9 heteroatoms. The van der Waals surface area contributed by atoms with Gasteiger partial charge in [0.25, 0.3) is 17.5 Å². The molecule has 0 saturated carbocycles. The Morgan fingerprint density at radius 3 is 2.62 bits per heavy atom. The van der Waals surface area contributed by atoms with E-state index in [0.717, 1.165) is 31.6 Å². The van der Waals surface area contributed by atoms with Gasteiger partial charge >= 0.3 is 0 Å². The topological polar surface area (TPSA) is 114 Å². The zero-order chi connectivity index (χ0) is 22.9. The average Bonchev–Trinajstić information content (AvgIpc) is 3.33. The summed E-state index contributed by atoms with van der Waals surface area (Å²) in [5.74, 6) is -0.694. The van der Waals surface area contributed by atoms with Crippen molar-refractivity contribution in [3.05, 3.63) is 63.7 Å². The van der Waals surface area contributed by atoms with Gasteiger partial charge in [-0.15, -0.1) is 0 Å². The lowest BCUT2D eigenvalue weighted by molar-refractivity contribution is -0.384. The molecule has 2 amide bonds. The molecular formula is C23H28N4O5. The molecule has 1 saturated heterocycles. The average molecular weight is 441 g/mol. The summed E-state index contributed by atoms with van der Waals surface area (Å²) in [6.45, 7) is 5.39. The third-order valence-corrected chi connectivity index (χ3v) is 5.22. The van der Waals surface area contributed by atoms with E-state index in [2.05, 4.69) is 15.5 Å². The molecule has 1 fully saturated rings. The van der Waals surface area contributed by atoms with Crippen LogP contribution in [0.4, 0.5) is 17.1 Å². The van der Waals surface area contributed by atoms with E-state index in [0.29, 0.717) is 37.4 Å². The van der Waals surface area contributed by atoms with E-state index in [-0.39, 0.29) is 17.2 Å². The number of ether oxygens (including phenoxy) is 1. The number of benzene rings is 2. The number of rotatable bonds is 10. The summed E-state index contributed by atoms with van der Waals surface area (Å²) >= 11 is 0. The van der Waals surface area contributed by atoms with Crippen molar-refractivity contribution in [3.63, 3.8) is 0 Å². The molecule has 0 aromatic heterocycles. The van der Waals surface area contributed by atoms with Crippen LogP contribution in [0.3, 0.4) is 0 Å². The van der Waals surface area contributed by atoms with Crippen LogP contribution in [0.25, 0.3) is 0 Å². The van der Waals surface area contributed by atoms with Crippen LogP contribution in [0.5, 0.6) is 0 Å². The number of hydrogen-bond acceptors (Lipinski definition) is 6. The van der Waals surface area contributed by atoms with Gasteiger partial charge in [0.05, 0.1) is 10.5 Å². The summed E-state index contributed by atoms with van der Waals surface area (Å²) in [7, 11) is 0. The van der Waals surface area contributed by atoms with E-state index in [4.69, 9.17) is 4.74 Å². The van der Waals surface area contributed by atoms with Crippen molar-refractivity contribution in [2.24, 2.45) is 0 Å². The Hall–Kier alpha value is -3.46. The molecule has 0 aliphatic carbocycles. The van der Waals surface area contributed by atoms with Crippen LogP contribution in [0.15, 0.2) is 42.5 Å². The number of amides is 2. The number of carbonyl (C=O) groups is 2. The van der Waals surface area contributed by atoms with E-state index in [1.54, 1.807) is 12.1 Å². The first-order valence-electron chi connectivity index (χ1n) is 10.8. The highest BCUT2D eigenvalue weighted by Crippen LogP contribution is 2.28. The van der Waals surface area contributed by atoms with Gasteiger partial charge in [-0.1, -0.05) is 6.07 Å². The molecule has 1 heterocycles. The highest BCUT2D eigenvalue weighted by molar-refractivity contribution is 6.06. The summed E-state index contributed by atoms with van der Waals surface area (Å²) in [6.07, 6.45) is 2.85. The van der Waals surface area contributed by atoms with Crippen LogP contribution >= 0.6 is 0 Å². The third kappa shape index (κ3) is 6.04. The summed E-state index contributed by atoms with van der Waals surface area (Å²) in [6, 6.07) is 10.8. The SMILES string of the molecule is CCOCCCNC(=O)c1cc(NC(=O)c2cccc([N+](=O)[O-])c2)ccc1N1CCCC1. The van der Waals surface area contributed by atoms with Crippen LogP contribution in [0.1, 0.15) is 46.9 Å². The van der Waals surface area contributed by atoms with Crippen molar-refractivity contribution in [2.75, 3.05) is 43.1 Å². The van der Waals surface area contributed by atoms with Gasteiger partial charge in [0, 0.05) is 61.9 Å². The van der Waals surface area contributed by atoms with Gasteiger partial charge in [0.2, 0.25) is 0 Å². The maximum Gasteiger partial charge on any atom is 0.270 e. The number of anilines is 2. The molecule has 2 aromatic carbocycles. The third-order valence-electron chi connectivity index (χ3n) is 5.22. The van der Waals surface area contributed by atoms with Gasteiger partial charge in [0.15, 0.2) is 0 Å². The van der Waals surface area contributed by atoms with E-state index < -0.39 is 10.8 Å². The molecule has 32 heavy (non-hydrogen) atoms. The summed E-state index contributed by atoms with van der Waals surface area (Å²) in [4.78, 5) is 38.1. The zero-order valence-corrected chi connectivity index (χ0v) is 18.1. The largest absolute Gasteiger partial charge is 0.382 e. The first kappa shape index (κ1) is 23.2. The maximum absolute atomic E-state index is 12.9. The number of nitro groups is 1. The van der Waals surface area contributed by atoms with Crippen molar-refractivity contribution < 1.29 is 19.2 Å². The number of hydrogen-bond donors (Lipinski definition) is 2. The molecule has 0 bridgehead atoms. The normalized spacial score (nSPS) is 13.1. The van der Waals surface area contributed by atoms with Crippen LogP contribution in [-0.4, -0.2) is 49.6 Å². The van der Waals surface area contributed by atoms with Crippen LogP contribution < -0.4 is 15.5 Å². The predicted octanol–water partition coefficient (Wildman–Crippen LogP) is 3.60. The Kier molecular flexibility index (Phi) is 8.15. The Morgan fingerprint density at radius 2 is 1.91 bits per heavy atom. The Bertz CT molecular complexity index is 973. The van der Waals surface area contributed by atoms with E-state index in [1.165, 1.54) is 24.3 Å². The second-order valence-electron chi connectivity index (χ2n) is 7.49. The minimum absolute atomic E-state index is 0.158. The van der Waals surface area contributed by atoms with E-state index >= 15 is 0 Å². The lowest BCUT2D eigenvalue weighted by Crippen LogP contribution is -2.29. The van der Waals surface area contributed by atoms with Gasteiger partial charge in [-0.05, 0) is 50.5 Å². The van der Waals surface area contributed by atoms with Crippen LogP contribution in [-0.2, 0) is 4.74 Å². The van der Waals surface area contributed by atoms with Crippen molar-refractivity contribution in [2.45, 2.75) is 26.2 Å². The molecule has 9 nitrogen and oxygen atoms in total. The van der Waals surface area contributed by atoms with Gasteiger partial charge in [-0.2, -0.15) is 0 Å². The summed E-state index contributed by atoms with van der Waals surface area (Å²) in [5, 5.41) is 16.6.